The van der Waals surface area contributed by atoms with Crippen molar-refractivity contribution in [1.82, 2.24) is 0 Å². The number of hydrogen-bond acceptors (Lipinski definition) is 2. The smallest absolute Gasteiger partial charge is 0.126 e. The molecule has 0 aliphatic rings. The van der Waals surface area contributed by atoms with Crippen molar-refractivity contribution < 1.29 is 9.13 Å². The molecular formula is C16H18FNO. The van der Waals surface area contributed by atoms with Gasteiger partial charge in [0, 0.05) is 12.2 Å². The molecule has 2 aromatic rings. The molecule has 0 aliphatic heterocycles. The molecule has 0 fully saturated rings. The highest BCUT2D eigenvalue weighted by molar-refractivity contribution is 5.53. The van der Waals surface area contributed by atoms with Gasteiger partial charge in [0.1, 0.15) is 11.6 Å². The van der Waals surface area contributed by atoms with Crippen LogP contribution in [0.1, 0.15) is 16.7 Å². The van der Waals surface area contributed by atoms with Crippen molar-refractivity contribution in [1.29, 1.82) is 0 Å². The Hall–Kier alpha value is -2.03. The maximum absolute atomic E-state index is 13.2. The minimum Gasteiger partial charge on any atom is -0.497 e. The normalized spacial score (nSPS) is 10.3. The summed E-state index contributed by atoms with van der Waals surface area (Å²) in [7, 11) is 1.66. The van der Waals surface area contributed by atoms with E-state index in [4.69, 9.17) is 4.74 Å². The van der Waals surface area contributed by atoms with Crippen molar-refractivity contribution in [2.75, 3.05) is 12.4 Å². The molecule has 0 atom stereocenters. The monoisotopic (exact) mass is 259 g/mol. The maximum atomic E-state index is 13.2. The fourth-order valence-corrected chi connectivity index (χ4v) is 1.98. The minimum atomic E-state index is -0.163. The van der Waals surface area contributed by atoms with E-state index in [-0.39, 0.29) is 5.82 Å². The van der Waals surface area contributed by atoms with E-state index in [1.54, 1.807) is 20.1 Å². The van der Waals surface area contributed by atoms with Crippen LogP contribution >= 0.6 is 0 Å². The van der Waals surface area contributed by atoms with Gasteiger partial charge in [-0.25, -0.2) is 4.39 Å². The second-order valence-electron chi connectivity index (χ2n) is 4.62. The van der Waals surface area contributed by atoms with Crippen LogP contribution in [0.2, 0.25) is 0 Å². The Labute approximate surface area is 113 Å². The summed E-state index contributed by atoms with van der Waals surface area (Å²) in [5.41, 5.74) is 3.92. The van der Waals surface area contributed by atoms with Gasteiger partial charge in [0.25, 0.3) is 0 Å². The fraction of sp³-hybridized carbons (Fsp3) is 0.250. The zero-order valence-electron chi connectivity index (χ0n) is 11.5. The van der Waals surface area contributed by atoms with Crippen molar-refractivity contribution in [2.24, 2.45) is 0 Å². The highest BCUT2D eigenvalue weighted by atomic mass is 19.1. The zero-order valence-corrected chi connectivity index (χ0v) is 11.5. The molecule has 0 spiro atoms. The maximum Gasteiger partial charge on any atom is 0.126 e. The molecule has 0 unspecified atom stereocenters. The Morgan fingerprint density at radius 2 is 1.84 bits per heavy atom. The molecule has 3 heteroatoms. The van der Waals surface area contributed by atoms with Crippen molar-refractivity contribution in [3.63, 3.8) is 0 Å². The topological polar surface area (TPSA) is 21.3 Å². The second-order valence-corrected chi connectivity index (χ2v) is 4.62. The van der Waals surface area contributed by atoms with Crippen molar-refractivity contribution in [3.8, 4) is 5.75 Å². The molecule has 0 saturated carbocycles. The Morgan fingerprint density at radius 1 is 1.05 bits per heavy atom. The van der Waals surface area contributed by atoms with Gasteiger partial charge in [-0.1, -0.05) is 12.1 Å². The molecule has 0 radical (unpaired) electrons. The van der Waals surface area contributed by atoms with E-state index in [1.807, 2.05) is 31.2 Å². The number of rotatable bonds is 4. The predicted octanol–water partition coefficient (Wildman–Crippen LogP) is 4.06. The van der Waals surface area contributed by atoms with Crippen LogP contribution < -0.4 is 10.1 Å². The molecule has 1 N–H and O–H groups in total. The van der Waals surface area contributed by atoms with Crippen molar-refractivity contribution in [3.05, 3.63) is 58.9 Å². The van der Waals surface area contributed by atoms with Crippen molar-refractivity contribution in [2.45, 2.75) is 20.4 Å². The van der Waals surface area contributed by atoms with E-state index < -0.39 is 0 Å². The highest BCUT2D eigenvalue weighted by Gasteiger charge is 2.02. The summed E-state index contributed by atoms with van der Waals surface area (Å²) in [6.07, 6.45) is 0. The molecular weight excluding hydrogens is 241 g/mol. The average molecular weight is 259 g/mol. The molecule has 2 rings (SSSR count). The van der Waals surface area contributed by atoms with Crippen LogP contribution in [-0.2, 0) is 6.54 Å². The molecule has 0 aliphatic carbocycles. The van der Waals surface area contributed by atoms with E-state index in [9.17, 15) is 4.39 Å². The molecule has 2 nitrogen and oxygen atoms in total. The second kappa shape index (κ2) is 5.74. The lowest BCUT2D eigenvalue weighted by Gasteiger charge is -2.11. The van der Waals surface area contributed by atoms with E-state index in [2.05, 4.69) is 5.32 Å². The van der Waals surface area contributed by atoms with Crippen LogP contribution in [0.25, 0.3) is 0 Å². The molecule has 0 amide bonds. The van der Waals surface area contributed by atoms with Gasteiger partial charge in [0.2, 0.25) is 0 Å². The van der Waals surface area contributed by atoms with E-state index in [0.717, 1.165) is 22.6 Å². The third-order valence-electron chi connectivity index (χ3n) is 3.14. The summed E-state index contributed by atoms with van der Waals surface area (Å²) in [4.78, 5) is 0. The Balaban J connectivity index is 2.07. The lowest BCUT2D eigenvalue weighted by Crippen LogP contribution is -2.02. The molecule has 100 valence electrons. The van der Waals surface area contributed by atoms with E-state index in [0.29, 0.717) is 12.1 Å². The van der Waals surface area contributed by atoms with Gasteiger partial charge >= 0.3 is 0 Å². The first-order valence-electron chi connectivity index (χ1n) is 6.23. The van der Waals surface area contributed by atoms with Gasteiger partial charge in [-0.2, -0.15) is 0 Å². The number of benzene rings is 2. The van der Waals surface area contributed by atoms with Gasteiger partial charge in [-0.15, -0.1) is 0 Å². The summed E-state index contributed by atoms with van der Waals surface area (Å²) in [5, 5.41) is 3.35. The number of ether oxygens (including phenoxy) is 1. The summed E-state index contributed by atoms with van der Waals surface area (Å²) in [6.45, 7) is 4.48. The van der Waals surface area contributed by atoms with Crippen LogP contribution in [-0.4, -0.2) is 7.11 Å². The lowest BCUT2D eigenvalue weighted by atomic mass is 10.1. The molecule has 19 heavy (non-hydrogen) atoms. The van der Waals surface area contributed by atoms with E-state index in [1.165, 1.54) is 6.07 Å². The lowest BCUT2D eigenvalue weighted by molar-refractivity contribution is 0.414. The molecule has 0 saturated heterocycles. The first-order valence-corrected chi connectivity index (χ1v) is 6.23. The molecule has 0 bridgehead atoms. The summed E-state index contributed by atoms with van der Waals surface area (Å²) < 4.78 is 18.3. The summed E-state index contributed by atoms with van der Waals surface area (Å²) >= 11 is 0. The third-order valence-corrected chi connectivity index (χ3v) is 3.14. The first kappa shape index (κ1) is 13.4. The highest BCUT2D eigenvalue weighted by Crippen LogP contribution is 2.21. The number of hydrogen-bond donors (Lipinski definition) is 1. The van der Waals surface area contributed by atoms with Gasteiger partial charge < -0.3 is 10.1 Å². The molecule has 0 aromatic heterocycles. The quantitative estimate of drug-likeness (QED) is 0.894. The number of halogens is 1. The number of nitrogens with one attached hydrogen (secondary N) is 1. The third kappa shape index (κ3) is 3.25. The Morgan fingerprint density at radius 3 is 2.47 bits per heavy atom. The van der Waals surface area contributed by atoms with Crippen LogP contribution in [0, 0.1) is 19.7 Å². The van der Waals surface area contributed by atoms with Crippen LogP contribution in [0.3, 0.4) is 0 Å². The van der Waals surface area contributed by atoms with Crippen LogP contribution in [0.15, 0.2) is 36.4 Å². The standard InChI is InChI=1S/C16H18FNO/c1-11-8-13(4-6-15(11)17)10-18-16-7-5-14(19-3)9-12(16)2/h4-9,18H,10H2,1-3H3. The van der Waals surface area contributed by atoms with Crippen LogP contribution in [0.4, 0.5) is 10.1 Å². The zero-order chi connectivity index (χ0) is 13.8. The van der Waals surface area contributed by atoms with Gasteiger partial charge in [0.05, 0.1) is 7.11 Å². The number of methoxy groups -OCH3 is 1. The summed E-state index contributed by atoms with van der Waals surface area (Å²) in [5.74, 6) is 0.685. The minimum absolute atomic E-state index is 0.163. The first-order chi connectivity index (χ1) is 9.10. The largest absolute Gasteiger partial charge is 0.497 e. The van der Waals surface area contributed by atoms with Crippen molar-refractivity contribution >= 4 is 5.69 Å². The SMILES string of the molecule is COc1ccc(NCc2ccc(F)c(C)c2)c(C)c1. The van der Waals surface area contributed by atoms with Gasteiger partial charge in [0.15, 0.2) is 0 Å². The Bertz CT molecular complexity index is 581. The average Bonchev–Trinajstić information content (AvgIpc) is 2.41. The summed E-state index contributed by atoms with van der Waals surface area (Å²) in [6, 6.07) is 11.1. The number of aryl methyl sites for hydroxylation is 2. The van der Waals surface area contributed by atoms with Crippen LogP contribution in [0.5, 0.6) is 5.75 Å². The number of anilines is 1. The fourth-order valence-electron chi connectivity index (χ4n) is 1.98. The predicted molar refractivity (Wildman–Crippen MR) is 76.2 cm³/mol. The van der Waals surface area contributed by atoms with E-state index >= 15 is 0 Å². The Kier molecular flexibility index (Phi) is 4.05. The molecule has 2 aromatic carbocycles. The molecule has 0 heterocycles. The van der Waals surface area contributed by atoms with Gasteiger partial charge in [-0.3, -0.25) is 0 Å². The van der Waals surface area contributed by atoms with Gasteiger partial charge in [-0.05, 0) is 54.8 Å².